The number of fused-ring (bicyclic) bond motifs is 1. The number of hydrogen-bond acceptors (Lipinski definition) is 7. The van der Waals surface area contributed by atoms with E-state index in [1.807, 2.05) is 0 Å². The second-order valence-electron chi connectivity index (χ2n) is 5.85. The molecule has 3 aromatic carbocycles. The first-order valence-electron chi connectivity index (χ1n) is 7.55. The highest BCUT2D eigenvalue weighted by atomic mass is 32.2. The summed E-state index contributed by atoms with van der Waals surface area (Å²) in [5.74, 6) is -1.53. The van der Waals surface area contributed by atoms with Crippen LogP contribution in [0.2, 0.25) is 0 Å². The summed E-state index contributed by atoms with van der Waals surface area (Å²) in [5, 5.41) is 9.94. The SMILES string of the molecule is Nc1c(S(=O)(=O)O)cc2cc(S(=O)(=O)O)cc(C(=O)c3ccccc3)c2c1O. The molecule has 0 aromatic heterocycles. The van der Waals surface area contributed by atoms with Gasteiger partial charge in [0.1, 0.15) is 10.6 Å². The van der Waals surface area contributed by atoms with Gasteiger partial charge in [-0.25, -0.2) is 0 Å². The molecule has 0 radical (unpaired) electrons. The number of aromatic hydroxyl groups is 1. The molecule has 0 saturated heterocycles. The van der Waals surface area contributed by atoms with E-state index in [1.165, 1.54) is 12.1 Å². The van der Waals surface area contributed by atoms with E-state index >= 15 is 0 Å². The van der Waals surface area contributed by atoms with E-state index in [9.17, 15) is 35.8 Å². The molecule has 0 amide bonds. The molecule has 0 fully saturated rings. The van der Waals surface area contributed by atoms with Crippen molar-refractivity contribution in [3.05, 3.63) is 59.7 Å². The Hall–Kier alpha value is -2.99. The van der Waals surface area contributed by atoms with Gasteiger partial charge in [0.15, 0.2) is 5.78 Å². The van der Waals surface area contributed by atoms with Gasteiger partial charge >= 0.3 is 0 Å². The summed E-state index contributed by atoms with van der Waals surface area (Å²) in [4.78, 5) is 11.3. The summed E-state index contributed by atoms with van der Waals surface area (Å²) in [7, 11) is -9.64. The van der Waals surface area contributed by atoms with E-state index < -0.39 is 47.2 Å². The van der Waals surface area contributed by atoms with Crippen LogP contribution in [0.5, 0.6) is 5.75 Å². The molecule has 0 aliphatic heterocycles. The highest BCUT2D eigenvalue weighted by Crippen LogP contribution is 2.40. The van der Waals surface area contributed by atoms with E-state index in [1.54, 1.807) is 18.2 Å². The lowest BCUT2D eigenvalue weighted by atomic mass is 9.96. The first-order valence-corrected chi connectivity index (χ1v) is 10.4. The predicted octanol–water partition coefficient (Wildman–Crippen LogP) is 1.85. The number of nitrogens with two attached hydrogens (primary N) is 1. The number of ketones is 1. The average molecular weight is 423 g/mol. The Morgan fingerprint density at radius 1 is 0.893 bits per heavy atom. The van der Waals surface area contributed by atoms with Crippen LogP contribution in [0.4, 0.5) is 5.69 Å². The van der Waals surface area contributed by atoms with Crippen molar-refractivity contribution in [2.45, 2.75) is 9.79 Å². The summed E-state index contributed by atoms with van der Waals surface area (Å²) in [6, 6.07) is 10.2. The molecule has 0 heterocycles. The van der Waals surface area contributed by atoms with Crippen LogP contribution in [0.3, 0.4) is 0 Å². The quantitative estimate of drug-likeness (QED) is 0.211. The third-order valence-electron chi connectivity index (χ3n) is 4.04. The van der Waals surface area contributed by atoms with Crippen molar-refractivity contribution in [1.82, 2.24) is 0 Å². The largest absolute Gasteiger partial charge is 0.505 e. The number of anilines is 1. The summed E-state index contributed by atoms with van der Waals surface area (Å²) >= 11 is 0. The summed E-state index contributed by atoms with van der Waals surface area (Å²) < 4.78 is 64.9. The Morgan fingerprint density at radius 2 is 1.50 bits per heavy atom. The normalized spacial score (nSPS) is 12.2. The maximum atomic E-state index is 12.9. The number of carbonyl (C=O) groups is 1. The van der Waals surface area contributed by atoms with Gasteiger partial charge < -0.3 is 10.8 Å². The molecule has 11 heteroatoms. The maximum absolute atomic E-state index is 12.9. The van der Waals surface area contributed by atoms with Crippen molar-refractivity contribution < 1.29 is 35.8 Å². The van der Waals surface area contributed by atoms with Gasteiger partial charge in [0.05, 0.1) is 10.6 Å². The molecule has 0 aliphatic rings. The van der Waals surface area contributed by atoms with Crippen molar-refractivity contribution in [3.8, 4) is 5.75 Å². The fourth-order valence-corrected chi connectivity index (χ4v) is 3.97. The zero-order valence-electron chi connectivity index (χ0n) is 13.9. The van der Waals surface area contributed by atoms with Gasteiger partial charge in [-0.2, -0.15) is 16.8 Å². The van der Waals surface area contributed by atoms with Gasteiger partial charge in [0.25, 0.3) is 20.2 Å². The minimum Gasteiger partial charge on any atom is -0.505 e. The number of rotatable bonds is 4. The average Bonchev–Trinajstić information content (AvgIpc) is 2.62. The zero-order chi connectivity index (χ0) is 20.9. The second kappa shape index (κ2) is 6.56. The number of benzene rings is 3. The zero-order valence-corrected chi connectivity index (χ0v) is 15.5. The van der Waals surface area contributed by atoms with Crippen molar-refractivity contribution in [1.29, 1.82) is 0 Å². The predicted molar refractivity (Wildman–Crippen MR) is 99.5 cm³/mol. The molecule has 0 atom stereocenters. The molecular formula is C17H13NO8S2. The first kappa shape index (κ1) is 19.8. The third-order valence-corrected chi connectivity index (χ3v) is 5.77. The number of phenolic OH excluding ortho intramolecular Hbond substituents is 1. The van der Waals surface area contributed by atoms with E-state index in [0.29, 0.717) is 0 Å². The molecular weight excluding hydrogens is 410 g/mol. The lowest BCUT2D eigenvalue weighted by Gasteiger charge is -2.14. The molecule has 9 nitrogen and oxygen atoms in total. The third kappa shape index (κ3) is 3.43. The van der Waals surface area contributed by atoms with Crippen LogP contribution in [0.15, 0.2) is 58.3 Å². The van der Waals surface area contributed by atoms with Crippen molar-refractivity contribution in [3.63, 3.8) is 0 Å². The van der Waals surface area contributed by atoms with E-state index in [4.69, 9.17) is 5.73 Å². The fourth-order valence-electron chi connectivity index (χ4n) is 2.77. The molecule has 146 valence electrons. The van der Waals surface area contributed by atoms with Crippen LogP contribution in [0.25, 0.3) is 10.8 Å². The van der Waals surface area contributed by atoms with Gasteiger partial charge in [0, 0.05) is 16.5 Å². The Morgan fingerprint density at radius 3 is 2.04 bits per heavy atom. The maximum Gasteiger partial charge on any atom is 0.296 e. The minimum absolute atomic E-state index is 0.146. The number of phenols is 1. The van der Waals surface area contributed by atoms with Gasteiger partial charge in [-0.05, 0) is 23.6 Å². The molecule has 5 N–H and O–H groups in total. The molecule has 3 rings (SSSR count). The van der Waals surface area contributed by atoms with Crippen LogP contribution in [0.1, 0.15) is 15.9 Å². The van der Waals surface area contributed by atoms with Crippen molar-refractivity contribution in [2.75, 3.05) is 5.73 Å². The van der Waals surface area contributed by atoms with Crippen LogP contribution in [0, 0.1) is 0 Å². The van der Waals surface area contributed by atoms with Gasteiger partial charge in [0.2, 0.25) is 0 Å². The highest BCUT2D eigenvalue weighted by molar-refractivity contribution is 7.86. The fraction of sp³-hybridized carbons (Fsp3) is 0. The van der Waals surface area contributed by atoms with Crippen molar-refractivity contribution in [2.24, 2.45) is 0 Å². The van der Waals surface area contributed by atoms with Crippen LogP contribution in [-0.4, -0.2) is 36.8 Å². The van der Waals surface area contributed by atoms with Gasteiger partial charge in [-0.15, -0.1) is 0 Å². The Kier molecular flexibility index (Phi) is 4.63. The van der Waals surface area contributed by atoms with Gasteiger partial charge in [-0.3, -0.25) is 13.9 Å². The molecule has 3 aromatic rings. The highest BCUT2D eigenvalue weighted by Gasteiger charge is 2.25. The van der Waals surface area contributed by atoms with Gasteiger partial charge in [-0.1, -0.05) is 30.3 Å². The monoisotopic (exact) mass is 423 g/mol. The van der Waals surface area contributed by atoms with E-state index in [-0.39, 0.29) is 21.9 Å². The molecule has 0 aliphatic carbocycles. The summed E-state index contributed by atoms with van der Waals surface area (Å²) in [6.07, 6.45) is 0. The van der Waals surface area contributed by atoms with E-state index in [2.05, 4.69) is 0 Å². The Balaban J connectivity index is 2.49. The molecule has 0 spiro atoms. The lowest BCUT2D eigenvalue weighted by Crippen LogP contribution is -2.08. The Bertz CT molecular complexity index is 1330. The molecule has 28 heavy (non-hydrogen) atoms. The summed E-state index contributed by atoms with van der Waals surface area (Å²) in [5.41, 5.74) is 4.70. The van der Waals surface area contributed by atoms with E-state index in [0.717, 1.165) is 18.2 Å². The van der Waals surface area contributed by atoms with Crippen molar-refractivity contribution >= 4 is 42.5 Å². The number of carbonyl (C=O) groups excluding carboxylic acids is 1. The Labute approximate surface area is 159 Å². The molecule has 0 bridgehead atoms. The number of nitrogen functional groups attached to an aromatic ring is 1. The smallest absolute Gasteiger partial charge is 0.296 e. The lowest BCUT2D eigenvalue weighted by molar-refractivity contribution is 0.104. The second-order valence-corrected chi connectivity index (χ2v) is 8.66. The van der Waals surface area contributed by atoms with Crippen LogP contribution in [-0.2, 0) is 20.2 Å². The molecule has 0 saturated carbocycles. The minimum atomic E-state index is -4.86. The van der Waals surface area contributed by atoms with Crippen LogP contribution >= 0.6 is 0 Å². The number of hydrogen-bond donors (Lipinski definition) is 4. The summed E-state index contributed by atoms with van der Waals surface area (Å²) in [6.45, 7) is 0. The van der Waals surface area contributed by atoms with Crippen LogP contribution < -0.4 is 5.73 Å². The first-order chi connectivity index (χ1) is 12.9. The standard InChI is InChI=1S/C17H13NO8S2/c18-15-13(28(24,25)26)7-10-6-11(27(21,22)23)8-12(14(10)17(15)20)16(19)9-4-2-1-3-5-9/h1-8,20H,18H2,(H,21,22,23)(H,24,25,26). The topological polar surface area (TPSA) is 172 Å². The molecule has 0 unspecified atom stereocenters.